The number of Topliss-reactive ketones (excluding diaryl/α,β-unsaturated/α-hetero) is 1. The minimum absolute atomic E-state index is 0.118. The summed E-state index contributed by atoms with van der Waals surface area (Å²) in [6.45, 7) is 3.61. The van der Waals surface area contributed by atoms with Gasteiger partial charge >= 0.3 is 0 Å². The van der Waals surface area contributed by atoms with Gasteiger partial charge in [0.2, 0.25) is 0 Å². The van der Waals surface area contributed by atoms with Crippen LogP contribution in [0.15, 0.2) is 90.2 Å². The molecule has 0 radical (unpaired) electrons. The van der Waals surface area contributed by atoms with Crippen molar-refractivity contribution in [1.82, 2.24) is 0 Å². The molecule has 1 aliphatic rings. The summed E-state index contributed by atoms with van der Waals surface area (Å²) in [5, 5.41) is 10.7. The van der Waals surface area contributed by atoms with E-state index in [0.29, 0.717) is 22.7 Å². The summed E-state index contributed by atoms with van der Waals surface area (Å²) in [4.78, 5) is 27.3. The lowest BCUT2D eigenvalue weighted by molar-refractivity contribution is -0.118. The molecule has 5 nitrogen and oxygen atoms in total. The zero-order valence-electron chi connectivity index (χ0n) is 17.4. The molecule has 0 bridgehead atoms. The Balaban J connectivity index is 1.82. The summed E-state index contributed by atoms with van der Waals surface area (Å²) in [5.41, 5.74) is 2.33. The van der Waals surface area contributed by atoms with Gasteiger partial charge in [0, 0.05) is 12.1 Å². The van der Waals surface area contributed by atoms with E-state index >= 15 is 0 Å². The van der Waals surface area contributed by atoms with Crippen molar-refractivity contribution in [3.05, 3.63) is 101 Å². The second-order valence-electron chi connectivity index (χ2n) is 7.39. The maximum Gasteiger partial charge on any atom is 0.294 e. The van der Waals surface area contributed by atoms with Crippen LogP contribution in [0.1, 0.15) is 30.5 Å². The number of hydrogen-bond acceptors (Lipinski definition) is 4. The van der Waals surface area contributed by atoms with Crippen molar-refractivity contribution in [3.63, 3.8) is 0 Å². The van der Waals surface area contributed by atoms with E-state index in [4.69, 9.17) is 4.74 Å². The van der Waals surface area contributed by atoms with Gasteiger partial charge in [0.15, 0.2) is 11.5 Å². The quantitative estimate of drug-likeness (QED) is 0.566. The number of para-hydroxylation sites is 2. The monoisotopic (exact) mass is 413 g/mol. The Hall–Kier alpha value is -3.86. The lowest BCUT2D eigenvalue weighted by Crippen LogP contribution is -2.31. The first-order valence-corrected chi connectivity index (χ1v) is 10.2. The van der Waals surface area contributed by atoms with E-state index in [2.05, 4.69) is 0 Å². The van der Waals surface area contributed by atoms with Gasteiger partial charge in [-0.2, -0.15) is 0 Å². The van der Waals surface area contributed by atoms with Gasteiger partial charge in [-0.25, -0.2) is 0 Å². The number of rotatable bonds is 6. The van der Waals surface area contributed by atoms with Crippen LogP contribution in [-0.4, -0.2) is 16.8 Å². The van der Waals surface area contributed by atoms with Crippen LogP contribution in [-0.2, 0) is 9.59 Å². The summed E-state index contributed by atoms with van der Waals surface area (Å²) < 4.78 is 5.95. The molecular formula is C26H23NO4. The zero-order valence-corrected chi connectivity index (χ0v) is 17.4. The third-order valence-corrected chi connectivity index (χ3v) is 5.36. The van der Waals surface area contributed by atoms with Crippen molar-refractivity contribution < 1.29 is 19.4 Å². The van der Waals surface area contributed by atoms with Gasteiger partial charge in [-0.05, 0) is 48.4 Å². The molecule has 1 heterocycles. The van der Waals surface area contributed by atoms with Crippen molar-refractivity contribution in [2.24, 2.45) is 0 Å². The van der Waals surface area contributed by atoms with E-state index < -0.39 is 17.7 Å². The summed E-state index contributed by atoms with van der Waals surface area (Å²) in [5.74, 6) is -0.0713. The van der Waals surface area contributed by atoms with E-state index in [0.717, 1.165) is 5.56 Å². The molecule has 1 unspecified atom stereocenters. The molecule has 1 N–H and O–H groups in total. The normalized spacial score (nSPS) is 16.0. The number of amides is 1. The highest BCUT2D eigenvalue weighted by Crippen LogP contribution is 2.43. The Morgan fingerprint density at radius 2 is 1.65 bits per heavy atom. The first-order valence-electron chi connectivity index (χ1n) is 10.2. The van der Waals surface area contributed by atoms with E-state index in [-0.39, 0.29) is 17.8 Å². The third kappa shape index (κ3) is 3.82. The van der Waals surface area contributed by atoms with Crippen molar-refractivity contribution in [2.75, 3.05) is 4.90 Å². The second kappa shape index (κ2) is 8.48. The predicted octanol–water partition coefficient (Wildman–Crippen LogP) is 5.67. The molecule has 4 rings (SSSR count). The Morgan fingerprint density at radius 3 is 2.35 bits per heavy atom. The van der Waals surface area contributed by atoms with Crippen molar-refractivity contribution in [1.29, 1.82) is 0 Å². The summed E-state index contributed by atoms with van der Waals surface area (Å²) in [7, 11) is 0. The number of nitrogens with zero attached hydrogens (tertiary/aromatic N) is 1. The number of benzene rings is 3. The Bertz CT molecular complexity index is 1170. The molecule has 0 saturated carbocycles. The average Bonchev–Trinajstić information content (AvgIpc) is 3.05. The summed E-state index contributed by atoms with van der Waals surface area (Å²) in [6.07, 6.45) is 0.186. The third-order valence-electron chi connectivity index (χ3n) is 5.36. The molecule has 1 amide bonds. The van der Waals surface area contributed by atoms with Crippen molar-refractivity contribution in [2.45, 2.75) is 26.3 Å². The highest BCUT2D eigenvalue weighted by atomic mass is 16.5. The smallest absolute Gasteiger partial charge is 0.294 e. The fraction of sp³-hybridized carbons (Fsp3) is 0.154. The molecule has 0 fully saturated rings. The molecule has 0 aromatic heterocycles. The van der Waals surface area contributed by atoms with Crippen molar-refractivity contribution in [3.8, 4) is 11.5 Å². The molecule has 1 atom stereocenters. The van der Waals surface area contributed by atoms with Crippen molar-refractivity contribution >= 4 is 17.4 Å². The van der Waals surface area contributed by atoms with E-state index in [1.54, 1.807) is 13.0 Å². The number of hydrogen-bond donors (Lipinski definition) is 1. The Kier molecular flexibility index (Phi) is 5.58. The predicted molar refractivity (Wildman–Crippen MR) is 119 cm³/mol. The lowest BCUT2D eigenvalue weighted by Gasteiger charge is -2.28. The Labute approximate surface area is 181 Å². The topological polar surface area (TPSA) is 66.8 Å². The fourth-order valence-electron chi connectivity index (χ4n) is 3.85. The molecule has 5 heteroatoms. The zero-order chi connectivity index (χ0) is 22.0. The molecule has 0 spiro atoms. The molecular weight excluding hydrogens is 390 g/mol. The largest absolute Gasteiger partial charge is 0.503 e. The standard InChI is InChI=1S/C26H23NO4/c1-3-22(28)23-24(27(26(30)25(23)29)21-15-8-7-10-17(21)2)18-11-9-14-20(16-18)31-19-12-5-4-6-13-19/h4-16,24,29H,3H2,1-2H3. The van der Waals surface area contributed by atoms with Crippen LogP contribution < -0.4 is 9.64 Å². The Morgan fingerprint density at radius 1 is 0.968 bits per heavy atom. The van der Waals surface area contributed by atoms with Gasteiger partial charge in [-0.1, -0.05) is 55.5 Å². The van der Waals surface area contributed by atoms with Gasteiger partial charge in [-0.15, -0.1) is 0 Å². The molecule has 3 aromatic rings. The van der Waals surface area contributed by atoms with Crippen LogP contribution in [0.3, 0.4) is 0 Å². The lowest BCUT2D eigenvalue weighted by atomic mass is 9.94. The molecule has 0 saturated heterocycles. The number of anilines is 1. The number of aryl methyl sites for hydroxylation is 1. The van der Waals surface area contributed by atoms with Gasteiger partial charge in [0.25, 0.3) is 5.91 Å². The maximum atomic E-state index is 13.1. The van der Waals surface area contributed by atoms with Gasteiger partial charge in [0.1, 0.15) is 11.5 Å². The van der Waals surface area contributed by atoms with Gasteiger partial charge < -0.3 is 9.84 Å². The van der Waals surface area contributed by atoms with E-state index in [1.807, 2.05) is 79.7 Å². The summed E-state index contributed by atoms with van der Waals surface area (Å²) in [6, 6.07) is 23.3. The first kappa shape index (κ1) is 20.4. The molecule has 31 heavy (non-hydrogen) atoms. The van der Waals surface area contributed by atoms with Crippen LogP contribution in [0, 0.1) is 6.92 Å². The number of aliphatic hydroxyl groups is 1. The van der Waals surface area contributed by atoms with Gasteiger partial charge in [0.05, 0.1) is 11.6 Å². The van der Waals surface area contributed by atoms with E-state index in [1.165, 1.54) is 4.90 Å². The number of aliphatic hydroxyl groups excluding tert-OH is 1. The molecule has 1 aliphatic heterocycles. The fourth-order valence-corrected chi connectivity index (χ4v) is 3.85. The number of carbonyl (C=O) groups is 2. The molecule has 3 aromatic carbocycles. The second-order valence-corrected chi connectivity index (χ2v) is 7.39. The van der Waals surface area contributed by atoms with Crippen LogP contribution in [0.2, 0.25) is 0 Å². The SMILES string of the molecule is CCC(=O)C1=C(O)C(=O)N(c2ccccc2C)C1c1cccc(Oc2ccccc2)c1. The molecule has 156 valence electrons. The summed E-state index contributed by atoms with van der Waals surface area (Å²) >= 11 is 0. The number of carbonyl (C=O) groups excluding carboxylic acids is 2. The number of ether oxygens (including phenoxy) is 1. The minimum Gasteiger partial charge on any atom is -0.503 e. The first-order chi connectivity index (χ1) is 15.0. The molecule has 0 aliphatic carbocycles. The van der Waals surface area contributed by atoms with Crippen LogP contribution in [0.25, 0.3) is 0 Å². The maximum absolute atomic E-state index is 13.1. The van der Waals surface area contributed by atoms with E-state index in [9.17, 15) is 14.7 Å². The highest BCUT2D eigenvalue weighted by molar-refractivity contribution is 6.16. The minimum atomic E-state index is -0.736. The average molecular weight is 413 g/mol. The number of ketones is 1. The van der Waals surface area contributed by atoms with Crippen LogP contribution in [0.5, 0.6) is 11.5 Å². The highest BCUT2D eigenvalue weighted by Gasteiger charge is 2.44. The van der Waals surface area contributed by atoms with Crippen LogP contribution in [0.4, 0.5) is 5.69 Å². The van der Waals surface area contributed by atoms with Crippen LogP contribution >= 0.6 is 0 Å². The van der Waals surface area contributed by atoms with Gasteiger partial charge in [-0.3, -0.25) is 14.5 Å².